The van der Waals surface area contributed by atoms with Crippen molar-refractivity contribution in [2.24, 2.45) is 0 Å². The molecule has 1 amide bonds. The number of ether oxygens (including phenoxy) is 2. The fourth-order valence-electron chi connectivity index (χ4n) is 1.96. The largest absolute Gasteiger partial charge is 0.490 e. The van der Waals surface area contributed by atoms with E-state index in [-0.39, 0.29) is 5.91 Å². The van der Waals surface area contributed by atoms with Crippen LogP contribution in [0, 0.1) is 0 Å². The minimum Gasteiger partial charge on any atom is -0.490 e. The van der Waals surface area contributed by atoms with Gasteiger partial charge in [-0.25, -0.2) is 0 Å². The summed E-state index contributed by atoms with van der Waals surface area (Å²) in [5.41, 5.74) is 1.07. The van der Waals surface area contributed by atoms with Crippen LogP contribution in [0.4, 0.5) is 5.69 Å². The predicted molar refractivity (Wildman–Crippen MR) is 100 cm³/mol. The van der Waals surface area contributed by atoms with E-state index in [1.807, 2.05) is 6.92 Å². The molecule has 0 spiro atoms. The molecule has 0 aromatic heterocycles. The first-order chi connectivity index (χ1) is 11.5. The maximum Gasteiger partial charge on any atom is 0.255 e. The van der Waals surface area contributed by atoms with Gasteiger partial charge in [-0.15, -0.1) is 0 Å². The van der Waals surface area contributed by atoms with Gasteiger partial charge in [0.1, 0.15) is 6.61 Å². The number of halogens is 2. The smallest absolute Gasteiger partial charge is 0.255 e. The first kappa shape index (κ1) is 18.4. The van der Waals surface area contributed by atoms with E-state index in [4.69, 9.17) is 21.1 Å². The number of rotatable bonds is 7. The monoisotopic (exact) mass is 409 g/mol. The second-order valence-corrected chi connectivity index (χ2v) is 6.04. The zero-order valence-corrected chi connectivity index (χ0v) is 15.5. The number of carbonyl (C=O) groups is 1. The van der Waals surface area contributed by atoms with E-state index in [0.717, 1.165) is 4.47 Å². The second kappa shape index (κ2) is 8.76. The molecule has 4 nitrogen and oxygen atoms in total. The zero-order chi connectivity index (χ0) is 17.5. The van der Waals surface area contributed by atoms with Crippen LogP contribution in [0.2, 0.25) is 5.02 Å². The van der Waals surface area contributed by atoms with Crippen molar-refractivity contribution in [3.63, 3.8) is 0 Å². The van der Waals surface area contributed by atoms with E-state index in [2.05, 4.69) is 27.8 Å². The molecule has 2 aromatic carbocycles. The molecule has 2 aromatic rings. The zero-order valence-electron chi connectivity index (χ0n) is 13.1. The van der Waals surface area contributed by atoms with Crippen LogP contribution in [0.25, 0.3) is 0 Å². The molecule has 0 saturated carbocycles. The van der Waals surface area contributed by atoms with Gasteiger partial charge in [-0.2, -0.15) is 0 Å². The van der Waals surface area contributed by atoms with Gasteiger partial charge < -0.3 is 14.8 Å². The molecule has 0 aliphatic heterocycles. The molecule has 1 N–H and O–H groups in total. The predicted octanol–water partition coefficient (Wildman–Crippen LogP) is 5.32. The third kappa shape index (κ3) is 4.76. The highest BCUT2D eigenvalue weighted by atomic mass is 79.9. The number of benzene rings is 2. The molecule has 0 saturated heterocycles. The van der Waals surface area contributed by atoms with E-state index in [9.17, 15) is 4.79 Å². The number of hydrogen-bond donors (Lipinski definition) is 1. The van der Waals surface area contributed by atoms with Gasteiger partial charge in [0.15, 0.2) is 11.5 Å². The number of hydrogen-bond acceptors (Lipinski definition) is 3. The molecule has 126 valence electrons. The van der Waals surface area contributed by atoms with E-state index >= 15 is 0 Å². The van der Waals surface area contributed by atoms with Gasteiger partial charge in [0, 0.05) is 15.7 Å². The summed E-state index contributed by atoms with van der Waals surface area (Å²) in [4.78, 5) is 12.4. The van der Waals surface area contributed by atoms with Crippen molar-refractivity contribution in [1.82, 2.24) is 0 Å². The van der Waals surface area contributed by atoms with Crippen LogP contribution in [0.5, 0.6) is 11.5 Å². The summed E-state index contributed by atoms with van der Waals surface area (Å²) in [5.74, 6) is 0.824. The van der Waals surface area contributed by atoms with E-state index in [1.54, 1.807) is 42.5 Å². The van der Waals surface area contributed by atoms with Crippen LogP contribution in [-0.2, 0) is 0 Å². The minimum atomic E-state index is -0.260. The molecule has 0 heterocycles. The maximum absolute atomic E-state index is 12.4. The average molecular weight is 411 g/mol. The molecule has 0 radical (unpaired) electrons. The van der Waals surface area contributed by atoms with Gasteiger partial charge in [0.25, 0.3) is 5.91 Å². The molecule has 0 unspecified atom stereocenters. The fourth-order valence-corrected chi connectivity index (χ4v) is 2.39. The number of anilines is 1. The summed E-state index contributed by atoms with van der Waals surface area (Å²) in [6.45, 7) is 6.32. The Kier molecular flexibility index (Phi) is 6.70. The van der Waals surface area contributed by atoms with Crippen LogP contribution in [0.3, 0.4) is 0 Å². The first-order valence-corrected chi connectivity index (χ1v) is 8.49. The van der Waals surface area contributed by atoms with Crippen molar-refractivity contribution in [3.8, 4) is 11.5 Å². The Morgan fingerprint density at radius 1 is 1.25 bits per heavy atom. The Bertz CT molecular complexity index is 749. The molecule has 0 aliphatic rings. The third-order valence-corrected chi connectivity index (χ3v) is 4.27. The number of nitrogens with one attached hydrogen (secondary N) is 1. The van der Waals surface area contributed by atoms with E-state index in [1.165, 1.54) is 0 Å². The molecule has 24 heavy (non-hydrogen) atoms. The lowest BCUT2D eigenvalue weighted by Crippen LogP contribution is -2.12. The van der Waals surface area contributed by atoms with Crippen molar-refractivity contribution >= 4 is 39.1 Å². The van der Waals surface area contributed by atoms with Gasteiger partial charge >= 0.3 is 0 Å². The highest BCUT2D eigenvalue weighted by molar-refractivity contribution is 9.10. The number of amides is 1. The summed E-state index contributed by atoms with van der Waals surface area (Å²) in [7, 11) is 0. The molecule has 6 heteroatoms. The maximum atomic E-state index is 12.4. The summed E-state index contributed by atoms with van der Waals surface area (Å²) >= 11 is 9.35. The Morgan fingerprint density at radius 2 is 2.04 bits per heavy atom. The van der Waals surface area contributed by atoms with Crippen LogP contribution in [-0.4, -0.2) is 19.1 Å². The quantitative estimate of drug-likeness (QED) is 0.629. The average Bonchev–Trinajstić information content (AvgIpc) is 2.57. The summed E-state index contributed by atoms with van der Waals surface area (Å²) in [6, 6.07) is 10.2. The SMILES string of the molecule is C=CCOc1ccc(C(=O)Nc2ccc(Br)c(Cl)c2)cc1OCC. The van der Waals surface area contributed by atoms with Crippen LogP contribution >= 0.6 is 27.5 Å². The third-order valence-electron chi connectivity index (χ3n) is 3.04. The fraction of sp³-hybridized carbons (Fsp3) is 0.167. The second-order valence-electron chi connectivity index (χ2n) is 4.78. The molecule has 0 bridgehead atoms. The van der Waals surface area contributed by atoms with Crippen LogP contribution in [0.1, 0.15) is 17.3 Å². The Morgan fingerprint density at radius 3 is 2.71 bits per heavy atom. The molecule has 0 atom stereocenters. The normalized spacial score (nSPS) is 10.1. The summed E-state index contributed by atoms with van der Waals surface area (Å²) < 4.78 is 11.8. The Hall–Kier alpha value is -1.98. The van der Waals surface area contributed by atoms with Gasteiger partial charge in [-0.3, -0.25) is 4.79 Å². The minimum absolute atomic E-state index is 0.260. The molecular weight excluding hydrogens is 394 g/mol. The topological polar surface area (TPSA) is 47.6 Å². The Labute approximate surface area is 154 Å². The highest BCUT2D eigenvalue weighted by Crippen LogP contribution is 2.29. The van der Waals surface area contributed by atoms with Gasteiger partial charge in [-0.05, 0) is 59.3 Å². The lowest BCUT2D eigenvalue weighted by atomic mass is 10.2. The van der Waals surface area contributed by atoms with Crippen molar-refractivity contribution < 1.29 is 14.3 Å². The molecule has 0 aliphatic carbocycles. The molecule has 0 fully saturated rings. The van der Waals surface area contributed by atoms with E-state index in [0.29, 0.717) is 41.0 Å². The van der Waals surface area contributed by atoms with Crippen molar-refractivity contribution in [3.05, 3.63) is 64.1 Å². The van der Waals surface area contributed by atoms with Gasteiger partial charge in [0.2, 0.25) is 0 Å². The van der Waals surface area contributed by atoms with Gasteiger partial charge in [-0.1, -0.05) is 24.3 Å². The van der Waals surface area contributed by atoms with E-state index < -0.39 is 0 Å². The lowest BCUT2D eigenvalue weighted by molar-refractivity contribution is 0.102. The van der Waals surface area contributed by atoms with Crippen molar-refractivity contribution in [2.75, 3.05) is 18.5 Å². The van der Waals surface area contributed by atoms with Crippen molar-refractivity contribution in [2.45, 2.75) is 6.92 Å². The highest BCUT2D eigenvalue weighted by Gasteiger charge is 2.12. The molecular formula is C18H17BrClNO3. The Balaban J connectivity index is 2.20. The standard InChI is InChI=1S/C18H17BrClNO3/c1-3-9-24-16-8-5-12(10-17(16)23-4-2)18(22)21-13-6-7-14(19)15(20)11-13/h3,5-8,10-11H,1,4,9H2,2H3,(H,21,22). The summed E-state index contributed by atoms with van der Waals surface area (Å²) in [6.07, 6.45) is 1.65. The first-order valence-electron chi connectivity index (χ1n) is 7.32. The lowest BCUT2D eigenvalue weighted by Gasteiger charge is -2.13. The molecule has 2 rings (SSSR count). The number of carbonyl (C=O) groups excluding carboxylic acids is 1. The van der Waals surface area contributed by atoms with Gasteiger partial charge in [0.05, 0.1) is 11.6 Å². The van der Waals surface area contributed by atoms with Crippen LogP contribution in [0.15, 0.2) is 53.5 Å². The van der Waals surface area contributed by atoms with Crippen molar-refractivity contribution in [1.29, 1.82) is 0 Å². The van der Waals surface area contributed by atoms with Crippen LogP contribution < -0.4 is 14.8 Å². The summed E-state index contributed by atoms with van der Waals surface area (Å²) in [5, 5.41) is 3.33.